The molecule has 0 aromatic carbocycles. The van der Waals surface area contributed by atoms with Crippen LogP contribution in [0.5, 0.6) is 0 Å². The number of nitriles is 1. The molecule has 1 N–H and O–H groups in total. The highest BCUT2D eigenvalue weighted by Gasteiger charge is 2.21. The minimum Gasteiger partial charge on any atom is -0.347 e. The Hall–Kier alpha value is -1.93. The van der Waals surface area contributed by atoms with Crippen LogP contribution in [0.2, 0.25) is 0 Å². The van der Waals surface area contributed by atoms with Crippen molar-refractivity contribution in [3.63, 3.8) is 0 Å². The average molecular weight is 230 g/mol. The molecule has 1 aromatic heterocycles. The van der Waals surface area contributed by atoms with E-state index in [0.29, 0.717) is 11.3 Å². The quantitative estimate of drug-likeness (QED) is 0.797. The van der Waals surface area contributed by atoms with Crippen molar-refractivity contribution in [3.8, 4) is 6.07 Å². The molecule has 1 atom stereocenters. The van der Waals surface area contributed by atoms with Crippen LogP contribution in [-0.2, 0) is 0 Å². The molecule has 1 aliphatic rings. The fraction of sp³-hybridized carbons (Fsp3) is 0.417. The maximum atomic E-state index is 11.9. The van der Waals surface area contributed by atoms with Gasteiger partial charge in [0.2, 0.25) is 0 Å². The van der Waals surface area contributed by atoms with Crippen LogP contribution >= 0.6 is 0 Å². The summed E-state index contributed by atoms with van der Waals surface area (Å²) in [6, 6.07) is 5.27. The lowest BCUT2D eigenvalue weighted by Crippen LogP contribution is -2.36. The molecule has 1 aromatic rings. The van der Waals surface area contributed by atoms with Gasteiger partial charge in [0, 0.05) is 18.8 Å². The summed E-state index contributed by atoms with van der Waals surface area (Å²) in [6.07, 6.45) is 2.44. The predicted octanol–water partition coefficient (Wildman–Crippen LogP) is 0.387. The Kier molecular flexibility index (Phi) is 3.35. The van der Waals surface area contributed by atoms with Crippen molar-refractivity contribution in [2.75, 3.05) is 20.1 Å². The molecule has 17 heavy (non-hydrogen) atoms. The summed E-state index contributed by atoms with van der Waals surface area (Å²) in [4.78, 5) is 18.0. The zero-order valence-electron chi connectivity index (χ0n) is 9.68. The van der Waals surface area contributed by atoms with Crippen LogP contribution in [0.1, 0.15) is 22.5 Å². The molecule has 0 bridgehead atoms. The molecule has 0 spiro atoms. The third-order valence-electron chi connectivity index (χ3n) is 2.85. The molecule has 0 aliphatic carbocycles. The Balaban J connectivity index is 2.02. The highest BCUT2D eigenvalue weighted by Crippen LogP contribution is 2.07. The first-order valence-electron chi connectivity index (χ1n) is 5.54. The van der Waals surface area contributed by atoms with Crippen LogP contribution in [0.25, 0.3) is 0 Å². The fourth-order valence-electron chi connectivity index (χ4n) is 1.94. The van der Waals surface area contributed by atoms with E-state index in [1.165, 1.54) is 12.3 Å². The molecule has 2 heterocycles. The highest BCUT2D eigenvalue weighted by atomic mass is 16.1. The maximum absolute atomic E-state index is 11.9. The normalized spacial score (nSPS) is 19.9. The standard InChI is InChI=1S/C12H14N4O/c1-16-5-3-10(8-16)15-12(17)11-6-9(7-13)2-4-14-11/h2,4,6,10H,3,5,8H2,1H3,(H,15,17). The number of amides is 1. The molecule has 1 unspecified atom stereocenters. The van der Waals surface area contributed by atoms with Gasteiger partial charge in [0.1, 0.15) is 5.69 Å². The lowest BCUT2D eigenvalue weighted by atomic mass is 10.2. The van der Waals surface area contributed by atoms with Crippen LogP contribution in [0.15, 0.2) is 18.3 Å². The lowest BCUT2D eigenvalue weighted by Gasteiger charge is -2.12. The lowest BCUT2D eigenvalue weighted by molar-refractivity contribution is 0.0933. The number of hydrogen-bond donors (Lipinski definition) is 1. The van der Waals surface area contributed by atoms with Crippen molar-refractivity contribution >= 4 is 5.91 Å². The second-order valence-corrected chi connectivity index (χ2v) is 4.26. The summed E-state index contributed by atoms with van der Waals surface area (Å²) >= 11 is 0. The second-order valence-electron chi connectivity index (χ2n) is 4.26. The van der Waals surface area contributed by atoms with Gasteiger partial charge in [-0.1, -0.05) is 0 Å². The van der Waals surface area contributed by atoms with E-state index in [9.17, 15) is 4.79 Å². The molecule has 5 heteroatoms. The van der Waals surface area contributed by atoms with E-state index in [1.54, 1.807) is 6.07 Å². The van der Waals surface area contributed by atoms with Crippen LogP contribution in [0.4, 0.5) is 0 Å². The van der Waals surface area contributed by atoms with E-state index in [0.717, 1.165) is 19.5 Å². The first-order chi connectivity index (χ1) is 8.19. The Morgan fingerprint density at radius 2 is 2.53 bits per heavy atom. The van der Waals surface area contributed by atoms with Gasteiger partial charge in [0.05, 0.1) is 11.6 Å². The van der Waals surface area contributed by atoms with Crippen LogP contribution in [0, 0.1) is 11.3 Å². The highest BCUT2D eigenvalue weighted by molar-refractivity contribution is 5.92. The van der Waals surface area contributed by atoms with Gasteiger partial charge in [-0.3, -0.25) is 9.78 Å². The molecular weight excluding hydrogens is 216 g/mol. The Morgan fingerprint density at radius 1 is 1.71 bits per heavy atom. The minimum absolute atomic E-state index is 0.181. The average Bonchev–Trinajstić information content (AvgIpc) is 2.75. The van der Waals surface area contributed by atoms with E-state index in [4.69, 9.17) is 5.26 Å². The molecule has 5 nitrogen and oxygen atoms in total. The maximum Gasteiger partial charge on any atom is 0.270 e. The van der Waals surface area contributed by atoms with E-state index in [2.05, 4.69) is 15.2 Å². The van der Waals surface area contributed by atoms with Crippen LogP contribution in [0.3, 0.4) is 0 Å². The summed E-state index contributed by atoms with van der Waals surface area (Å²) < 4.78 is 0. The number of nitrogens with one attached hydrogen (secondary N) is 1. The topological polar surface area (TPSA) is 69.0 Å². The van der Waals surface area contributed by atoms with Gasteiger partial charge in [0.25, 0.3) is 5.91 Å². The number of likely N-dealkylation sites (N-methyl/N-ethyl adjacent to an activating group) is 1. The number of carbonyl (C=O) groups is 1. The number of aromatic nitrogens is 1. The summed E-state index contributed by atoms with van der Waals surface area (Å²) in [7, 11) is 2.03. The van der Waals surface area contributed by atoms with Crippen molar-refractivity contribution in [2.24, 2.45) is 0 Å². The molecule has 1 saturated heterocycles. The van der Waals surface area contributed by atoms with Crippen molar-refractivity contribution in [2.45, 2.75) is 12.5 Å². The third-order valence-corrected chi connectivity index (χ3v) is 2.85. The molecular formula is C12H14N4O. The molecule has 1 fully saturated rings. The number of rotatable bonds is 2. The monoisotopic (exact) mass is 230 g/mol. The predicted molar refractivity (Wildman–Crippen MR) is 62.3 cm³/mol. The molecule has 2 rings (SSSR count). The molecule has 0 radical (unpaired) electrons. The number of likely N-dealkylation sites (tertiary alicyclic amines) is 1. The molecule has 0 saturated carbocycles. The van der Waals surface area contributed by atoms with E-state index < -0.39 is 0 Å². The van der Waals surface area contributed by atoms with Crippen LogP contribution in [-0.4, -0.2) is 42.0 Å². The SMILES string of the molecule is CN1CCC(NC(=O)c2cc(C#N)ccn2)C1. The van der Waals surface area contributed by atoms with E-state index in [-0.39, 0.29) is 11.9 Å². The zero-order valence-corrected chi connectivity index (χ0v) is 9.68. The van der Waals surface area contributed by atoms with Crippen molar-refractivity contribution in [1.82, 2.24) is 15.2 Å². The van der Waals surface area contributed by atoms with Crippen molar-refractivity contribution < 1.29 is 4.79 Å². The molecule has 1 amide bonds. The first-order valence-corrected chi connectivity index (χ1v) is 5.54. The number of pyridine rings is 1. The van der Waals surface area contributed by atoms with Crippen molar-refractivity contribution in [1.29, 1.82) is 5.26 Å². The van der Waals surface area contributed by atoms with Crippen molar-refractivity contribution in [3.05, 3.63) is 29.6 Å². The van der Waals surface area contributed by atoms with Gasteiger partial charge < -0.3 is 10.2 Å². The van der Waals surface area contributed by atoms with Gasteiger partial charge in [0.15, 0.2) is 0 Å². The van der Waals surface area contributed by atoms with Gasteiger partial charge in [-0.15, -0.1) is 0 Å². The zero-order chi connectivity index (χ0) is 12.3. The number of carbonyl (C=O) groups excluding carboxylic acids is 1. The number of hydrogen-bond acceptors (Lipinski definition) is 4. The summed E-state index contributed by atoms with van der Waals surface area (Å²) in [5, 5.41) is 11.7. The van der Waals surface area contributed by atoms with E-state index in [1.807, 2.05) is 13.1 Å². The largest absolute Gasteiger partial charge is 0.347 e. The fourth-order valence-corrected chi connectivity index (χ4v) is 1.94. The molecule has 88 valence electrons. The Bertz CT molecular complexity index is 466. The Morgan fingerprint density at radius 3 is 3.18 bits per heavy atom. The Labute approximate surface area is 100 Å². The summed E-state index contributed by atoms with van der Waals surface area (Å²) in [5.74, 6) is -0.206. The third kappa shape index (κ3) is 2.80. The molecule has 1 aliphatic heterocycles. The minimum atomic E-state index is -0.206. The first kappa shape index (κ1) is 11.6. The van der Waals surface area contributed by atoms with Gasteiger partial charge in [-0.05, 0) is 32.1 Å². The smallest absolute Gasteiger partial charge is 0.270 e. The number of nitrogens with zero attached hydrogens (tertiary/aromatic N) is 3. The second kappa shape index (κ2) is 4.93. The van der Waals surface area contributed by atoms with Gasteiger partial charge >= 0.3 is 0 Å². The van der Waals surface area contributed by atoms with Crippen LogP contribution < -0.4 is 5.32 Å². The van der Waals surface area contributed by atoms with Gasteiger partial charge in [-0.25, -0.2) is 0 Å². The van der Waals surface area contributed by atoms with Gasteiger partial charge in [-0.2, -0.15) is 5.26 Å². The summed E-state index contributed by atoms with van der Waals surface area (Å²) in [6.45, 7) is 1.86. The van der Waals surface area contributed by atoms with E-state index >= 15 is 0 Å². The summed E-state index contributed by atoms with van der Waals surface area (Å²) in [5.41, 5.74) is 0.757.